The molecule has 1 aliphatic heterocycles. The van der Waals surface area contributed by atoms with Crippen molar-refractivity contribution < 1.29 is 9.18 Å². The van der Waals surface area contributed by atoms with Crippen molar-refractivity contribution in [2.75, 3.05) is 13.1 Å². The van der Waals surface area contributed by atoms with Gasteiger partial charge in [-0.05, 0) is 41.9 Å². The van der Waals surface area contributed by atoms with Crippen LogP contribution in [0.2, 0.25) is 0 Å². The molecule has 0 radical (unpaired) electrons. The highest BCUT2D eigenvalue weighted by atomic mass is 79.9. The van der Waals surface area contributed by atoms with E-state index in [2.05, 4.69) is 21.2 Å². The van der Waals surface area contributed by atoms with Crippen molar-refractivity contribution in [3.05, 3.63) is 34.1 Å². The predicted octanol–water partition coefficient (Wildman–Crippen LogP) is 2.41. The van der Waals surface area contributed by atoms with E-state index in [9.17, 15) is 9.18 Å². The molecule has 0 aliphatic carbocycles. The molecule has 1 N–H and O–H groups in total. The first-order valence-corrected chi connectivity index (χ1v) is 6.77. The van der Waals surface area contributed by atoms with Crippen LogP contribution in [0.4, 0.5) is 4.39 Å². The van der Waals surface area contributed by atoms with E-state index >= 15 is 0 Å². The second kappa shape index (κ2) is 5.36. The zero-order valence-corrected chi connectivity index (χ0v) is 12.0. The standard InChI is InChI=1S/C13H16BrFN2O/c1-8-6-17(7-9(2)16-8)13(18)12-10(14)4-3-5-11(12)15/h3-5,8-9,16H,6-7H2,1-2H3/t8-,9+. The van der Waals surface area contributed by atoms with Gasteiger partial charge in [0.05, 0.1) is 5.56 Å². The zero-order valence-electron chi connectivity index (χ0n) is 10.4. The van der Waals surface area contributed by atoms with E-state index in [1.54, 1.807) is 17.0 Å². The number of carbonyl (C=O) groups is 1. The van der Waals surface area contributed by atoms with Crippen LogP contribution < -0.4 is 5.32 Å². The van der Waals surface area contributed by atoms with Crippen LogP contribution in [0.25, 0.3) is 0 Å². The highest BCUT2D eigenvalue weighted by Gasteiger charge is 2.28. The Bertz CT molecular complexity index is 436. The summed E-state index contributed by atoms with van der Waals surface area (Å²) in [5.41, 5.74) is 0.124. The molecule has 0 saturated carbocycles. The normalized spacial score (nSPS) is 24.1. The fourth-order valence-electron chi connectivity index (χ4n) is 2.35. The Morgan fingerprint density at radius 1 is 1.39 bits per heavy atom. The third-order valence-electron chi connectivity index (χ3n) is 3.02. The van der Waals surface area contributed by atoms with Crippen LogP contribution in [0.5, 0.6) is 0 Å². The van der Waals surface area contributed by atoms with E-state index < -0.39 is 5.82 Å². The van der Waals surface area contributed by atoms with Gasteiger partial charge in [-0.15, -0.1) is 0 Å². The maximum absolute atomic E-state index is 13.8. The minimum absolute atomic E-state index is 0.124. The summed E-state index contributed by atoms with van der Waals surface area (Å²) in [5, 5.41) is 3.35. The Morgan fingerprint density at radius 3 is 2.56 bits per heavy atom. The molecule has 1 amide bonds. The summed E-state index contributed by atoms with van der Waals surface area (Å²) in [4.78, 5) is 14.1. The molecule has 0 spiro atoms. The van der Waals surface area contributed by atoms with Gasteiger partial charge in [0.15, 0.2) is 0 Å². The number of hydrogen-bond acceptors (Lipinski definition) is 2. The Kier molecular flexibility index (Phi) is 4.02. The summed E-state index contributed by atoms with van der Waals surface area (Å²) < 4.78 is 14.3. The van der Waals surface area contributed by atoms with Crippen LogP contribution in [0, 0.1) is 5.82 Å². The molecule has 18 heavy (non-hydrogen) atoms. The van der Waals surface area contributed by atoms with E-state index in [1.165, 1.54) is 6.07 Å². The van der Waals surface area contributed by atoms with E-state index in [-0.39, 0.29) is 23.6 Å². The van der Waals surface area contributed by atoms with Crippen molar-refractivity contribution in [2.45, 2.75) is 25.9 Å². The monoisotopic (exact) mass is 314 g/mol. The van der Waals surface area contributed by atoms with Crippen molar-refractivity contribution in [2.24, 2.45) is 0 Å². The summed E-state index contributed by atoms with van der Waals surface area (Å²) in [6.07, 6.45) is 0. The van der Waals surface area contributed by atoms with E-state index in [0.717, 1.165) is 0 Å². The molecule has 98 valence electrons. The first-order chi connectivity index (χ1) is 8.49. The minimum Gasteiger partial charge on any atom is -0.335 e. The fourth-order valence-corrected chi connectivity index (χ4v) is 2.86. The summed E-state index contributed by atoms with van der Waals surface area (Å²) in [6.45, 7) is 5.24. The van der Waals surface area contributed by atoms with Gasteiger partial charge in [0.2, 0.25) is 0 Å². The van der Waals surface area contributed by atoms with Gasteiger partial charge in [0.1, 0.15) is 5.82 Å². The van der Waals surface area contributed by atoms with Crippen LogP contribution in [-0.4, -0.2) is 36.0 Å². The van der Waals surface area contributed by atoms with Crippen LogP contribution >= 0.6 is 15.9 Å². The maximum Gasteiger partial charge on any atom is 0.258 e. The van der Waals surface area contributed by atoms with Gasteiger partial charge in [0.25, 0.3) is 5.91 Å². The lowest BCUT2D eigenvalue weighted by Gasteiger charge is -2.36. The molecule has 1 fully saturated rings. The number of nitrogens with zero attached hydrogens (tertiary/aromatic N) is 1. The molecule has 2 rings (SSSR count). The molecule has 5 heteroatoms. The topological polar surface area (TPSA) is 32.3 Å². The number of amides is 1. The SMILES string of the molecule is C[C@@H]1CN(C(=O)c2c(F)cccc2Br)C[C@H](C)N1. The molecule has 2 atom stereocenters. The number of rotatable bonds is 1. The summed E-state index contributed by atoms with van der Waals surface area (Å²) in [6, 6.07) is 5.03. The highest BCUT2D eigenvalue weighted by molar-refractivity contribution is 9.10. The third kappa shape index (κ3) is 2.72. The summed E-state index contributed by atoms with van der Waals surface area (Å²) in [5.74, 6) is -0.728. The molecular weight excluding hydrogens is 299 g/mol. The van der Waals surface area contributed by atoms with E-state index in [4.69, 9.17) is 0 Å². The molecule has 1 heterocycles. The lowest BCUT2D eigenvalue weighted by atomic mass is 10.1. The fraction of sp³-hybridized carbons (Fsp3) is 0.462. The molecule has 3 nitrogen and oxygen atoms in total. The number of halogens is 2. The van der Waals surface area contributed by atoms with E-state index in [1.807, 2.05) is 13.8 Å². The molecule has 0 bridgehead atoms. The average molecular weight is 315 g/mol. The summed E-state index contributed by atoms with van der Waals surface area (Å²) in [7, 11) is 0. The highest BCUT2D eigenvalue weighted by Crippen LogP contribution is 2.22. The molecule has 0 aromatic heterocycles. The molecule has 0 unspecified atom stereocenters. The molecule has 1 aromatic rings. The number of piperazine rings is 1. The second-order valence-electron chi connectivity index (χ2n) is 4.78. The predicted molar refractivity (Wildman–Crippen MR) is 72.1 cm³/mol. The van der Waals surface area contributed by atoms with Gasteiger partial charge < -0.3 is 10.2 Å². The van der Waals surface area contributed by atoms with Crippen molar-refractivity contribution in [3.8, 4) is 0 Å². The molecule has 1 aromatic carbocycles. The maximum atomic E-state index is 13.8. The number of nitrogens with one attached hydrogen (secondary N) is 1. The lowest BCUT2D eigenvalue weighted by molar-refractivity contribution is 0.0668. The van der Waals surface area contributed by atoms with Gasteiger partial charge >= 0.3 is 0 Å². The molecule has 1 aliphatic rings. The van der Waals surface area contributed by atoms with Crippen molar-refractivity contribution in [1.82, 2.24) is 10.2 Å². The van der Waals surface area contributed by atoms with Gasteiger partial charge in [-0.1, -0.05) is 6.07 Å². The lowest BCUT2D eigenvalue weighted by Crippen LogP contribution is -2.56. The Morgan fingerprint density at radius 2 is 2.00 bits per heavy atom. The first-order valence-electron chi connectivity index (χ1n) is 5.98. The Balaban J connectivity index is 2.26. The quantitative estimate of drug-likeness (QED) is 0.863. The third-order valence-corrected chi connectivity index (χ3v) is 3.68. The second-order valence-corrected chi connectivity index (χ2v) is 5.63. The van der Waals surface area contributed by atoms with Gasteiger partial charge in [-0.2, -0.15) is 0 Å². The molecule has 1 saturated heterocycles. The number of carbonyl (C=O) groups excluding carboxylic acids is 1. The minimum atomic E-state index is -0.479. The van der Waals surface area contributed by atoms with Gasteiger partial charge in [0, 0.05) is 29.6 Å². The Labute approximate surface area is 114 Å². The van der Waals surface area contributed by atoms with Crippen LogP contribution in [0.1, 0.15) is 24.2 Å². The van der Waals surface area contributed by atoms with Crippen LogP contribution in [0.15, 0.2) is 22.7 Å². The van der Waals surface area contributed by atoms with E-state index in [0.29, 0.717) is 17.6 Å². The molecular formula is C13H16BrFN2O. The van der Waals surface area contributed by atoms with Crippen molar-refractivity contribution in [3.63, 3.8) is 0 Å². The zero-order chi connectivity index (χ0) is 13.3. The average Bonchev–Trinajstić information content (AvgIpc) is 2.27. The van der Waals surface area contributed by atoms with Crippen LogP contribution in [-0.2, 0) is 0 Å². The van der Waals surface area contributed by atoms with Gasteiger partial charge in [-0.25, -0.2) is 4.39 Å². The smallest absolute Gasteiger partial charge is 0.258 e. The Hall–Kier alpha value is -0.940. The van der Waals surface area contributed by atoms with Crippen molar-refractivity contribution in [1.29, 1.82) is 0 Å². The van der Waals surface area contributed by atoms with Crippen LogP contribution in [0.3, 0.4) is 0 Å². The van der Waals surface area contributed by atoms with Gasteiger partial charge in [-0.3, -0.25) is 4.79 Å². The van der Waals surface area contributed by atoms with Crippen molar-refractivity contribution >= 4 is 21.8 Å². The number of hydrogen-bond donors (Lipinski definition) is 1. The summed E-state index contributed by atoms with van der Waals surface area (Å²) >= 11 is 3.24. The number of benzene rings is 1. The largest absolute Gasteiger partial charge is 0.335 e. The first kappa shape index (κ1) is 13.5.